The van der Waals surface area contributed by atoms with E-state index in [9.17, 15) is 4.79 Å². The Labute approximate surface area is 136 Å². The molecular formula is C18H13ClO2S. The molecule has 0 aliphatic rings. The van der Waals surface area contributed by atoms with Crippen LogP contribution >= 0.6 is 22.9 Å². The van der Waals surface area contributed by atoms with Crippen LogP contribution in [0.1, 0.15) is 16.7 Å². The molecule has 3 rings (SSSR count). The van der Waals surface area contributed by atoms with Crippen molar-refractivity contribution < 1.29 is 4.42 Å². The molecule has 0 unspecified atom stereocenters. The molecule has 22 heavy (non-hydrogen) atoms. The van der Waals surface area contributed by atoms with Gasteiger partial charge in [-0.15, -0.1) is 0 Å². The Morgan fingerprint density at radius 3 is 2.23 bits per heavy atom. The summed E-state index contributed by atoms with van der Waals surface area (Å²) in [4.78, 5) is 11.9. The fourth-order valence-electron chi connectivity index (χ4n) is 1.97. The van der Waals surface area contributed by atoms with Gasteiger partial charge in [-0.2, -0.15) is 0 Å². The third kappa shape index (κ3) is 3.56. The summed E-state index contributed by atoms with van der Waals surface area (Å²) >= 11 is 7.19. The summed E-state index contributed by atoms with van der Waals surface area (Å²) in [5.74, 6) is 0. The third-order valence-corrected chi connectivity index (χ3v) is 4.29. The highest BCUT2D eigenvalue weighted by Crippen LogP contribution is 2.09. The van der Waals surface area contributed by atoms with E-state index in [1.54, 1.807) is 12.1 Å². The van der Waals surface area contributed by atoms with Crippen LogP contribution in [0.2, 0.25) is 5.02 Å². The zero-order chi connectivity index (χ0) is 15.5. The van der Waals surface area contributed by atoms with E-state index in [-0.39, 0.29) is 5.63 Å². The molecule has 1 heterocycles. The van der Waals surface area contributed by atoms with Crippen LogP contribution in [0.15, 0.2) is 57.7 Å². The van der Waals surface area contributed by atoms with E-state index in [0.717, 1.165) is 11.1 Å². The molecule has 0 N–H and O–H groups in total. The van der Waals surface area contributed by atoms with E-state index >= 15 is 0 Å². The second kappa shape index (κ2) is 6.34. The molecule has 110 valence electrons. The minimum absolute atomic E-state index is 0.314. The van der Waals surface area contributed by atoms with Gasteiger partial charge in [0.25, 0.3) is 0 Å². The molecule has 1 aromatic heterocycles. The first-order valence-corrected chi connectivity index (χ1v) is 7.95. The minimum Gasteiger partial charge on any atom is -0.411 e. The molecule has 0 bridgehead atoms. The van der Waals surface area contributed by atoms with Crippen LogP contribution in [0.4, 0.5) is 0 Å². The number of hydrogen-bond acceptors (Lipinski definition) is 3. The van der Waals surface area contributed by atoms with Gasteiger partial charge >= 0.3 is 5.63 Å². The quantitative estimate of drug-likeness (QED) is 0.722. The molecule has 0 fully saturated rings. The molecule has 2 aromatic carbocycles. The Hall–Kier alpha value is -2.10. The van der Waals surface area contributed by atoms with Gasteiger partial charge in [-0.3, -0.25) is 0 Å². The van der Waals surface area contributed by atoms with Crippen molar-refractivity contribution in [2.75, 3.05) is 0 Å². The summed E-state index contributed by atoms with van der Waals surface area (Å²) in [6.45, 7) is 2.03. The molecule has 0 spiro atoms. The molecular weight excluding hydrogens is 316 g/mol. The zero-order valence-electron chi connectivity index (χ0n) is 11.9. The molecule has 4 heteroatoms. The van der Waals surface area contributed by atoms with Crippen molar-refractivity contribution in [3.8, 4) is 0 Å². The Morgan fingerprint density at radius 1 is 0.955 bits per heavy atom. The summed E-state index contributed by atoms with van der Waals surface area (Å²) in [7, 11) is 0. The highest BCUT2D eigenvalue weighted by molar-refractivity contribution is 7.07. The van der Waals surface area contributed by atoms with E-state index in [0.29, 0.717) is 14.3 Å². The maximum atomic E-state index is 11.9. The van der Waals surface area contributed by atoms with Crippen molar-refractivity contribution in [3.05, 3.63) is 89.9 Å². The first-order valence-electron chi connectivity index (χ1n) is 6.76. The minimum atomic E-state index is -0.314. The van der Waals surface area contributed by atoms with Crippen molar-refractivity contribution in [1.29, 1.82) is 0 Å². The SMILES string of the molecule is Cc1ccc(/C=c2/s/c(=C\c3ccc(Cl)cc3)oc2=O)cc1. The third-order valence-electron chi connectivity index (χ3n) is 3.13. The summed E-state index contributed by atoms with van der Waals surface area (Å²) in [6.07, 6.45) is 3.67. The maximum absolute atomic E-state index is 11.9. The average molecular weight is 329 g/mol. The fourth-order valence-corrected chi connectivity index (χ4v) is 2.94. The van der Waals surface area contributed by atoms with Gasteiger partial charge in [0.1, 0.15) is 4.53 Å². The second-order valence-corrected chi connectivity index (χ2v) is 6.41. The van der Waals surface area contributed by atoms with E-state index < -0.39 is 0 Å². The maximum Gasteiger partial charge on any atom is 0.354 e. The summed E-state index contributed by atoms with van der Waals surface area (Å²) in [6, 6.07) is 15.4. The lowest BCUT2D eigenvalue weighted by Gasteiger charge is -1.92. The summed E-state index contributed by atoms with van der Waals surface area (Å²) < 4.78 is 6.45. The van der Waals surface area contributed by atoms with Crippen LogP contribution in [-0.4, -0.2) is 0 Å². The van der Waals surface area contributed by atoms with Crippen LogP contribution in [0.3, 0.4) is 0 Å². The molecule has 0 aliphatic heterocycles. The number of rotatable bonds is 2. The lowest BCUT2D eigenvalue weighted by Crippen LogP contribution is -2.15. The molecule has 0 atom stereocenters. The van der Waals surface area contributed by atoms with Gasteiger partial charge in [0.15, 0.2) is 4.73 Å². The van der Waals surface area contributed by atoms with Crippen molar-refractivity contribution in [3.63, 3.8) is 0 Å². The number of hydrogen-bond donors (Lipinski definition) is 0. The largest absolute Gasteiger partial charge is 0.411 e. The number of halogens is 1. The van der Waals surface area contributed by atoms with E-state index in [1.807, 2.05) is 55.5 Å². The van der Waals surface area contributed by atoms with Gasteiger partial charge in [-0.05, 0) is 42.3 Å². The highest BCUT2D eigenvalue weighted by atomic mass is 35.5. The van der Waals surface area contributed by atoms with Gasteiger partial charge in [0.2, 0.25) is 0 Å². The molecule has 0 radical (unpaired) electrons. The van der Waals surface area contributed by atoms with Crippen LogP contribution in [0.25, 0.3) is 12.2 Å². The summed E-state index contributed by atoms with van der Waals surface area (Å²) in [5, 5.41) is 0.679. The van der Waals surface area contributed by atoms with Crippen molar-refractivity contribution in [2.24, 2.45) is 0 Å². The monoisotopic (exact) mass is 328 g/mol. The van der Waals surface area contributed by atoms with Crippen LogP contribution in [0, 0.1) is 6.92 Å². The van der Waals surface area contributed by atoms with Crippen molar-refractivity contribution in [1.82, 2.24) is 0 Å². The lowest BCUT2D eigenvalue weighted by molar-refractivity contribution is 0.501. The Morgan fingerprint density at radius 2 is 1.55 bits per heavy atom. The molecule has 0 aliphatic carbocycles. The van der Waals surface area contributed by atoms with Crippen molar-refractivity contribution in [2.45, 2.75) is 6.92 Å². The predicted octanol–water partition coefficient (Wildman–Crippen LogP) is 3.32. The van der Waals surface area contributed by atoms with E-state index in [2.05, 4.69) is 0 Å². The van der Waals surface area contributed by atoms with E-state index in [4.69, 9.17) is 16.0 Å². The topological polar surface area (TPSA) is 30.2 Å². The standard InChI is InChI=1S/C18H13ClO2S/c1-12-2-4-13(5-3-12)10-16-18(20)21-17(22-16)11-14-6-8-15(19)9-7-14/h2-11H,1H3/b16-10+,17-11-. The van der Waals surface area contributed by atoms with Crippen LogP contribution < -0.4 is 14.9 Å². The van der Waals surface area contributed by atoms with Gasteiger partial charge in [0, 0.05) is 5.02 Å². The first-order chi connectivity index (χ1) is 10.6. The number of aryl methyl sites for hydroxylation is 1. The Kier molecular flexibility index (Phi) is 4.27. The normalized spacial score (nSPS) is 12.8. The second-order valence-electron chi connectivity index (χ2n) is 4.93. The van der Waals surface area contributed by atoms with Gasteiger partial charge in [-0.25, -0.2) is 4.79 Å². The van der Waals surface area contributed by atoms with Crippen molar-refractivity contribution >= 4 is 35.1 Å². The predicted molar refractivity (Wildman–Crippen MR) is 91.9 cm³/mol. The number of benzene rings is 2. The Bertz CT molecular complexity index is 948. The highest BCUT2D eigenvalue weighted by Gasteiger charge is 1.98. The van der Waals surface area contributed by atoms with Gasteiger partial charge in [-0.1, -0.05) is 64.9 Å². The van der Waals surface area contributed by atoms with Crippen LogP contribution in [0.5, 0.6) is 0 Å². The first kappa shape index (κ1) is 14.8. The van der Waals surface area contributed by atoms with Gasteiger partial charge < -0.3 is 4.42 Å². The Balaban J connectivity index is 2.02. The summed E-state index contributed by atoms with van der Waals surface area (Å²) in [5.41, 5.74) is 2.80. The fraction of sp³-hybridized carbons (Fsp3) is 0.0556. The van der Waals surface area contributed by atoms with Crippen LogP contribution in [-0.2, 0) is 0 Å². The zero-order valence-corrected chi connectivity index (χ0v) is 13.4. The molecule has 0 amide bonds. The average Bonchev–Trinajstić information content (AvgIpc) is 2.84. The molecule has 3 aromatic rings. The smallest absolute Gasteiger partial charge is 0.354 e. The lowest BCUT2D eigenvalue weighted by atomic mass is 10.1. The van der Waals surface area contributed by atoms with Gasteiger partial charge in [0.05, 0.1) is 0 Å². The molecule has 0 saturated carbocycles. The van der Waals surface area contributed by atoms with E-state index in [1.165, 1.54) is 16.9 Å². The molecule has 2 nitrogen and oxygen atoms in total. The molecule has 0 saturated heterocycles.